The highest BCUT2D eigenvalue weighted by atomic mass is 35.5. The molecule has 0 aliphatic heterocycles. The maximum Gasteiger partial charge on any atom is 0.272 e. The lowest BCUT2D eigenvalue weighted by atomic mass is 10.3. The molecule has 8 heteroatoms. The Bertz CT molecular complexity index is 935. The smallest absolute Gasteiger partial charge is 0.272 e. The van der Waals surface area contributed by atoms with Gasteiger partial charge in [-0.1, -0.05) is 23.4 Å². The minimum Gasteiger partial charge on any atom is -0.325 e. The SMILES string of the molecule is CCn1c(SCC(=O)Nc2ccc(Cl)cc2)nc2ccsc2c1=O. The van der Waals surface area contributed by atoms with Gasteiger partial charge in [0.05, 0.1) is 11.3 Å². The normalized spacial score (nSPS) is 10.9. The predicted octanol–water partition coefficient (Wildman–Crippen LogP) is 3.86. The second-order valence-electron chi connectivity index (χ2n) is 4.92. The van der Waals surface area contributed by atoms with Crippen molar-refractivity contribution in [1.29, 1.82) is 0 Å². The van der Waals surface area contributed by atoms with E-state index in [1.54, 1.807) is 28.8 Å². The molecule has 0 radical (unpaired) electrons. The fourth-order valence-corrected chi connectivity index (χ4v) is 3.94. The van der Waals surface area contributed by atoms with Gasteiger partial charge in [0, 0.05) is 17.3 Å². The van der Waals surface area contributed by atoms with Crippen molar-refractivity contribution in [2.45, 2.75) is 18.6 Å². The Kier molecular flexibility index (Phi) is 5.23. The Morgan fingerprint density at radius 3 is 2.79 bits per heavy atom. The number of nitrogens with one attached hydrogen (secondary N) is 1. The zero-order chi connectivity index (χ0) is 17.1. The number of rotatable bonds is 5. The number of nitrogens with zero attached hydrogens (tertiary/aromatic N) is 2. The Morgan fingerprint density at radius 1 is 1.33 bits per heavy atom. The van der Waals surface area contributed by atoms with Gasteiger partial charge in [0.1, 0.15) is 4.70 Å². The molecule has 5 nitrogen and oxygen atoms in total. The minimum absolute atomic E-state index is 0.0573. The van der Waals surface area contributed by atoms with E-state index in [-0.39, 0.29) is 17.2 Å². The van der Waals surface area contributed by atoms with E-state index in [1.807, 2.05) is 18.4 Å². The highest BCUT2D eigenvalue weighted by molar-refractivity contribution is 7.99. The highest BCUT2D eigenvalue weighted by Gasteiger charge is 2.13. The van der Waals surface area contributed by atoms with Crippen LogP contribution in [0.25, 0.3) is 10.2 Å². The van der Waals surface area contributed by atoms with Gasteiger partial charge in [-0.05, 0) is 42.6 Å². The van der Waals surface area contributed by atoms with Crippen LogP contribution in [0.5, 0.6) is 0 Å². The van der Waals surface area contributed by atoms with Crippen molar-refractivity contribution in [2.24, 2.45) is 0 Å². The first-order valence-electron chi connectivity index (χ1n) is 7.24. The molecule has 2 aromatic heterocycles. The van der Waals surface area contributed by atoms with Gasteiger partial charge in [-0.25, -0.2) is 4.98 Å². The lowest BCUT2D eigenvalue weighted by Crippen LogP contribution is -2.22. The summed E-state index contributed by atoms with van der Waals surface area (Å²) in [5.41, 5.74) is 1.30. The Balaban J connectivity index is 1.74. The summed E-state index contributed by atoms with van der Waals surface area (Å²) < 4.78 is 2.24. The van der Waals surface area contributed by atoms with Crippen LogP contribution in [0.4, 0.5) is 5.69 Å². The third kappa shape index (κ3) is 3.63. The van der Waals surface area contributed by atoms with Gasteiger partial charge in [-0.3, -0.25) is 14.2 Å². The van der Waals surface area contributed by atoms with Gasteiger partial charge >= 0.3 is 0 Å². The molecule has 124 valence electrons. The number of carbonyl (C=O) groups is 1. The molecule has 3 aromatic rings. The molecule has 24 heavy (non-hydrogen) atoms. The summed E-state index contributed by atoms with van der Waals surface area (Å²) in [5.74, 6) is 0.00897. The van der Waals surface area contributed by atoms with Crippen LogP contribution in [0.1, 0.15) is 6.92 Å². The first-order chi connectivity index (χ1) is 11.6. The fourth-order valence-electron chi connectivity index (χ4n) is 2.17. The van der Waals surface area contributed by atoms with Gasteiger partial charge in [0.15, 0.2) is 5.16 Å². The molecule has 0 fully saturated rings. The zero-order valence-corrected chi connectivity index (χ0v) is 15.2. The van der Waals surface area contributed by atoms with Crippen molar-refractivity contribution in [3.8, 4) is 0 Å². The number of hydrogen-bond donors (Lipinski definition) is 1. The topological polar surface area (TPSA) is 64.0 Å². The molecule has 0 saturated heterocycles. The van der Waals surface area contributed by atoms with E-state index in [2.05, 4.69) is 10.3 Å². The van der Waals surface area contributed by atoms with E-state index in [0.717, 1.165) is 0 Å². The van der Waals surface area contributed by atoms with E-state index in [1.165, 1.54) is 23.1 Å². The lowest BCUT2D eigenvalue weighted by Gasteiger charge is -2.10. The molecule has 1 amide bonds. The summed E-state index contributed by atoms with van der Waals surface area (Å²) in [6.07, 6.45) is 0. The van der Waals surface area contributed by atoms with Gasteiger partial charge in [-0.2, -0.15) is 0 Å². The van der Waals surface area contributed by atoms with Crippen LogP contribution in [0.3, 0.4) is 0 Å². The molecule has 2 heterocycles. The molecule has 0 atom stereocenters. The Labute approximate surface area is 151 Å². The molecular formula is C16H14ClN3O2S2. The predicted molar refractivity (Wildman–Crippen MR) is 100 cm³/mol. The van der Waals surface area contributed by atoms with Crippen molar-refractivity contribution >= 4 is 56.5 Å². The molecule has 3 rings (SSSR count). The summed E-state index contributed by atoms with van der Waals surface area (Å²) >= 11 is 8.46. The number of anilines is 1. The zero-order valence-electron chi connectivity index (χ0n) is 12.8. The summed E-state index contributed by atoms with van der Waals surface area (Å²) in [4.78, 5) is 29.0. The Hall–Kier alpha value is -1.83. The molecule has 1 N–H and O–H groups in total. The van der Waals surface area contributed by atoms with Gasteiger partial charge in [-0.15, -0.1) is 11.3 Å². The lowest BCUT2D eigenvalue weighted by molar-refractivity contribution is -0.113. The van der Waals surface area contributed by atoms with Crippen LogP contribution < -0.4 is 10.9 Å². The Morgan fingerprint density at radius 2 is 2.08 bits per heavy atom. The van der Waals surface area contributed by atoms with Crippen LogP contribution in [-0.2, 0) is 11.3 Å². The average Bonchev–Trinajstić information content (AvgIpc) is 3.04. The number of amides is 1. The summed E-state index contributed by atoms with van der Waals surface area (Å²) in [6, 6.07) is 8.72. The number of aromatic nitrogens is 2. The first kappa shape index (κ1) is 17.0. The second kappa shape index (κ2) is 7.38. The van der Waals surface area contributed by atoms with E-state index in [4.69, 9.17) is 11.6 Å². The van der Waals surface area contributed by atoms with Crippen LogP contribution in [-0.4, -0.2) is 21.2 Å². The number of thioether (sulfide) groups is 1. The summed E-state index contributed by atoms with van der Waals surface area (Å²) in [7, 11) is 0. The van der Waals surface area contributed by atoms with Crippen LogP contribution in [0.15, 0.2) is 45.7 Å². The quantitative estimate of drug-likeness (QED) is 0.540. The molecule has 0 saturated carbocycles. The molecule has 0 aliphatic carbocycles. The van der Waals surface area contributed by atoms with E-state index >= 15 is 0 Å². The minimum atomic E-state index is -0.162. The van der Waals surface area contributed by atoms with Crippen LogP contribution in [0, 0.1) is 0 Å². The van der Waals surface area contributed by atoms with E-state index in [0.29, 0.717) is 32.6 Å². The number of carbonyl (C=O) groups excluding carboxylic acids is 1. The van der Waals surface area contributed by atoms with Crippen LogP contribution >= 0.6 is 34.7 Å². The van der Waals surface area contributed by atoms with E-state index in [9.17, 15) is 9.59 Å². The third-order valence-electron chi connectivity index (χ3n) is 3.31. The van der Waals surface area contributed by atoms with Crippen molar-refractivity contribution in [3.63, 3.8) is 0 Å². The first-order valence-corrected chi connectivity index (χ1v) is 9.49. The number of benzene rings is 1. The molecular weight excluding hydrogens is 366 g/mol. The molecule has 0 spiro atoms. The molecule has 0 aliphatic rings. The molecule has 1 aromatic carbocycles. The summed E-state index contributed by atoms with van der Waals surface area (Å²) in [6.45, 7) is 2.40. The van der Waals surface area contributed by atoms with E-state index < -0.39 is 0 Å². The standard InChI is InChI=1S/C16H14ClN3O2S2/c1-2-20-15(22)14-12(7-8-23-14)19-16(20)24-9-13(21)18-11-5-3-10(17)4-6-11/h3-8H,2,9H2,1H3,(H,18,21). The summed E-state index contributed by atoms with van der Waals surface area (Å²) in [5, 5.41) is 5.81. The number of thiophene rings is 1. The molecule has 0 bridgehead atoms. The largest absolute Gasteiger partial charge is 0.325 e. The van der Waals surface area contributed by atoms with Gasteiger partial charge < -0.3 is 5.32 Å². The number of halogens is 1. The second-order valence-corrected chi connectivity index (χ2v) is 7.22. The third-order valence-corrected chi connectivity index (χ3v) is 5.43. The average molecular weight is 380 g/mol. The maximum absolute atomic E-state index is 12.4. The van der Waals surface area contributed by atoms with Crippen molar-refractivity contribution in [3.05, 3.63) is 51.1 Å². The van der Waals surface area contributed by atoms with Crippen molar-refractivity contribution < 1.29 is 4.79 Å². The van der Waals surface area contributed by atoms with Crippen molar-refractivity contribution in [2.75, 3.05) is 11.1 Å². The van der Waals surface area contributed by atoms with Gasteiger partial charge in [0.25, 0.3) is 5.56 Å². The van der Waals surface area contributed by atoms with Crippen molar-refractivity contribution in [1.82, 2.24) is 9.55 Å². The maximum atomic E-state index is 12.4. The monoisotopic (exact) mass is 379 g/mol. The number of fused-ring (bicyclic) bond motifs is 1. The van der Waals surface area contributed by atoms with Gasteiger partial charge in [0.2, 0.25) is 5.91 Å². The number of hydrogen-bond acceptors (Lipinski definition) is 5. The van der Waals surface area contributed by atoms with Crippen LogP contribution in [0.2, 0.25) is 5.02 Å². The highest BCUT2D eigenvalue weighted by Crippen LogP contribution is 2.21. The molecule has 0 unspecified atom stereocenters. The fraction of sp³-hybridized carbons (Fsp3) is 0.188.